The number of nitrogens with zero attached hydrogens (tertiary/aromatic N) is 4. The lowest BCUT2D eigenvalue weighted by Gasteiger charge is -2.26. The van der Waals surface area contributed by atoms with Gasteiger partial charge in [-0.25, -0.2) is 29.2 Å². The van der Waals surface area contributed by atoms with Crippen LogP contribution in [0.4, 0.5) is 0 Å². The quantitative estimate of drug-likeness (QED) is 0.461. The van der Waals surface area contributed by atoms with Crippen LogP contribution in [0.15, 0.2) is 33.4 Å². The van der Waals surface area contributed by atoms with E-state index in [-0.39, 0.29) is 49.2 Å². The summed E-state index contributed by atoms with van der Waals surface area (Å²) in [6, 6.07) is 0. The van der Waals surface area contributed by atoms with Crippen LogP contribution in [-0.4, -0.2) is 60.1 Å². The molecule has 0 aliphatic carbocycles. The third-order valence-electron chi connectivity index (χ3n) is 2.68. The van der Waals surface area contributed by atoms with E-state index in [0.29, 0.717) is 0 Å². The first-order chi connectivity index (χ1) is 10.7. The van der Waals surface area contributed by atoms with Crippen LogP contribution in [0.1, 0.15) is 0 Å². The molecule has 0 aromatic rings. The van der Waals surface area contributed by atoms with Crippen molar-refractivity contribution in [3.8, 4) is 0 Å². The summed E-state index contributed by atoms with van der Waals surface area (Å²) >= 11 is 0. The van der Waals surface area contributed by atoms with Crippen LogP contribution in [0.3, 0.4) is 0 Å². The number of hydrogen-bond donors (Lipinski definition) is 0. The summed E-state index contributed by atoms with van der Waals surface area (Å²) in [6.45, 7) is 0.460. The van der Waals surface area contributed by atoms with Crippen LogP contribution in [0, 0.1) is 0 Å². The molecule has 0 bridgehead atoms. The van der Waals surface area contributed by atoms with E-state index in [4.69, 9.17) is 9.47 Å². The standard InChI is InChI=1S/C12H8N4O6/c17-5-9-11(7-19)21-3-1-15(9)13-14-16-2-4-22-12(8-20)10(16)6-18/h1-4H2/b14-13+. The monoisotopic (exact) mass is 304 g/mol. The van der Waals surface area contributed by atoms with Crippen molar-refractivity contribution in [2.45, 2.75) is 0 Å². The number of ether oxygens (including phenoxy) is 2. The van der Waals surface area contributed by atoms with Crippen LogP contribution in [0.25, 0.3) is 0 Å². The average molecular weight is 304 g/mol. The SMILES string of the molecule is O=C=C1OCCN(/N=N/N2CCOC(=C=O)C2=C=O)C1=C=O. The molecule has 2 saturated heterocycles. The Morgan fingerprint density at radius 3 is 1.45 bits per heavy atom. The third-order valence-corrected chi connectivity index (χ3v) is 2.68. The zero-order valence-corrected chi connectivity index (χ0v) is 11.1. The number of rotatable bonds is 2. The van der Waals surface area contributed by atoms with Gasteiger partial charge in [0.25, 0.3) is 0 Å². The van der Waals surface area contributed by atoms with Crippen molar-refractivity contribution < 1.29 is 28.7 Å². The second kappa shape index (κ2) is 6.85. The lowest BCUT2D eigenvalue weighted by molar-refractivity contribution is 0.103. The highest BCUT2D eigenvalue weighted by atomic mass is 16.5. The molecule has 2 aliphatic heterocycles. The maximum absolute atomic E-state index is 10.9. The first kappa shape index (κ1) is 15.0. The minimum Gasteiger partial charge on any atom is -0.479 e. The van der Waals surface area contributed by atoms with Crippen LogP contribution in [-0.2, 0) is 28.7 Å². The van der Waals surface area contributed by atoms with Gasteiger partial charge in [0.1, 0.15) is 13.2 Å². The van der Waals surface area contributed by atoms with Gasteiger partial charge in [-0.15, -0.1) is 0 Å². The van der Waals surface area contributed by atoms with E-state index < -0.39 is 0 Å². The fourth-order valence-electron chi connectivity index (χ4n) is 1.69. The molecule has 0 saturated carbocycles. The first-order valence-electron chi connectivity index (χ1n) is 5.98. The molecule has 112 valence electrons. The van der Waals surface area contributed by atoms with Gasteiger partial charge in [-0.2, -0.15) is 0 Å². The summed E-state index contributed by atoms with van der Waals surface area (Å²) in [6.07, 6.45) is 0. The molecule has 0 spiro atoms. The Bertz CT molecular complexity index is 643. The molecular weight excluding hydrogens is 296 g/mol. The largest absolute Gasteiger partial charge is 0.479 e. The van der Waals surface area contributed by atoms with Crippen molar-refractivity contribution in [3.63, 3.8) is 0 Å². The maximum atomic E-state index is 10.9. The van der Waals surface area contributed by atoms with E-state index >= 15 is 0 Å². The molecule has 2 fully saturated rings. The van der Waals surface area contributed by atoms with Gasteiger partial charge in [0.2, 0.25) is 11.5 Å². The molecule has 0 N–H and O–H groups in total. The summed E-state index contributed by atoms with van der Waals surface area (Å²) < 4.78 is 9.85. The van der Waals surface area contributed by atoms with Gasteiger partial charge in [0.15, 0.2) is 35.2 Å². The number of morpholine rings is 2. The Labute approximate surface area is 123 Å². The number of carbonyl (C=O) groups excluding carboxylic acids is 4. The Morgan fingerprint density at radius 1 is 0.727 bits per heavy atom. The smallest absolute Gasteiger partial charge is 0.241 e. The normalized spacial score (nSPS) is 18.2. The highest BCUT2D eigenvalue weighted by molar-refractivity contribution is 5.69. The van der Waals surface area contributed by atoms with Crippen LogP contribution >= 0.6 is 0 Å². The summed E-state index contributed by atoms with van der Waals surface area (Å²) in [4.78, 5) is 43.0. The van der Waals surface area contributed by atoms with Crippen molar-refractivity contribution in [2.75, 3.05) is 26.3 Å². The topological polar surface area (TPSA) is 118 Å². The van der Waals surface area contributed by atoms with Crippen molar-refractivity contribution in [1.82, 2.24) is 10.0 Å². The highest BCUT2D eigenvalue weighted by Gasteiger charge is 2.26. The Kier molecular flexibility index (Phi) is 4.67. The molecule has 0 radical (unpaired) electrons. The molecule has 0 amide bonds. The van der Waals surface area contributed by atoms with Crippen molar-refractivity contribution in [3.05, 3.63) is 22.9 Å². The van der Waals surface area contributed by atoms with Gasteiger partial charge in [0, 0.05) is 0 Å². The van der Waals surface area contributed by atoms with Crippen LogP contribution < -0.4 is 0 Å². The van der Waals surface area contributed by atoms with Gasteiger partial charge in [-0.1, -0.05) is 0 Å². The summed E-state index contributed by atoms with van der Waals surface area (Å²) in [5.41, 5.74) is -0.526. The summed E-state index contributed by atoms with van der Waals surface area (Å²) in [7, 11) is 0. The predicted molar refractivity (Wildman–Crippen MR) is 67.0 cm³/mol. The van der Waals surface area contributed by atoms with Gasteiger partial charge in [0.05, 0.1) is 13.1 Å². The van der Waals surface area contributed by atoms with E-state index in [2.05, 4.69) is 10.4 Å². The van der Waals surface area contributed by atoms with Crippen LogP contribution in [0.2, 0.25) is 0 Å². The fraction of sp³-hybridized carbons (Fsp3) is 0.333. The maximum Gasteiger partial charge on any atom is 0.241 e. The van der Waals surface area contributed by atoms with E-state index in [1.807, 2.05) is 0 Å². The molecule has 10 heteroatoms. The Morgan fingerprint density at radius 2 is 1.14 bits per heavy atom. The molecule has 0 aromatic carbocycles. The predicted octanol–water partition coefficient (Wildman–Crippen LogP) is -1.20. The second-order valence-corrected chi connectivity index (χ2v) is 3.89. The molecule has 2 aliphatic rings. The molecular formula is C12H8N4O6. The minimum absolute atomic E-state index is 0.0910. The zero-order valence-electron chi connectivity index (χ0n) is 11.1. The molecule has 0 aromatic heterocycles. The number of hydrogen-bond acceptors (Lipinski definition) is 8. The van der Waals surface area contributed by atoms with Crippen molar-refractivity contribution in [2.24, 2.45) is 10.4 Å². The zero-order chi connectivity index (χ0) is 15.9. The Balaban J connectivity index is 2.23. The second-order valence-electron chi connectivity index (χ2n) is 3.89. The minimum atomic E-state index is -0.332. The highest BCUT2D eigenvalue weighted by Crippen LogP contribution is 2.20. The molecule has 0 atom stereocenters. The fourth-order valence-corrected chi connectivity index (χ4v) is 1.69. The summed E-state index contributed by atoms with van der Waals surface area (Å²) in [5, 5.41) is 9.60. The van der Waals surface area contributed by atoms with Crippen molar-refractivity contribution in [1.29, 1.82) is 0 Å². The molecule has 10 nitrogen and oxygen atoms in total. The lowest BCUT2D eigenvalue weighted by Crippen LogP contribution is -2.32. The summed E-state index contributed by atoms with van der Waals surface area (Å²) in [5.74, 6) is 5.26. The first-order valence-corrected chi connectivity index (χ1v) is 5.98. The van der Waals surface area contributed by atoms with Gasteiger partial charge >= 0.3 is 0 Å². The molecule has 2 rings (SSSR count). The average Bonchev–Trinajstić information content (AvgIpc) is 2.58. The van der Waals surface area contributed by atoms with E-state index in [1.165, 1.54) is 23.8 Å². The molecule has 2 heterocycles. The van der Waals surface area contributed by atoms with Gasteiger partial charge in [-0.3, -0.25) is 0 Å². The molecule has 0 unspecified atom stereocenters. The van der Waals surface area contributed by atoms with Crippen molar-refractivity contribution >= 4 is 23.8 Å². The van der Waals surface area contributed by atoms with E-state index in [1.54, 1.807) is 0 Å². The Hall–Kier alpha value is -3.40. The lowest BCUT2D eigenvalue weighted by atomic mass is 10.3. The van der Waals surface area contributed by atoms with Gasteiger partial charge in [-0.05, 0) is 10.4 Å². The molecule has 22 heavy (non-hydrogen) atoms. The van der Waals surface area contributed by atoms with Gasteiger partial charge < -0.3 is 9.47 Å². The van der Waals surface area contributed by atoms with E-state index in [9.17, 15) is 19.2 Å². The van der Waals surface area contributed by atoms with E-state index in [0.717, 1.165) is 10.0 Å². The third kappa shape index (κ3) is 2.86. The van der Waals surface area contributed by atoms with Crippen LogP contribution in [0.5, 0.6) is 0 Å².